The largest absolute Gasteiger partial charge is 0.356 e. The standard InChI is InChI=1S/C14H29NO.C3H6.C2H6/c1-4-5-6-7-8-9-10-11-15-14(16)12-13(2)3;1-3-2;1-2/h13H,4-12H2,1-3H3,(H,15,16);3H,1H2,2H3;1-2H3. The molecule has 2 nitrogen and oxygen atoms in total. The number of hydrogen-bond acceptors (Lipinski definition) is 1. The molecule has 128 valence electrons. The van der Waals surface area contributed by atoms with Crippen LogP contribution >= 0.6 is 0 Å². The summed E-state index contributed by atoms with van der Waals surface area (Å²) in [5, 5.41) is 2.98. The van der Waals surface area contributed by atoms with Crippen molar-refractivity contribution in [3.05, 3.63) is 12.7 Å². The van der Waals surface area contributed by atoms with Gasteiger partial charge in [-0.05, 0) is 19.3 Å². The number of hydrogen-bond donors (Lipinski definition) is 1. The van der Waals surface area contributed by atoms with Crippen molar-refractivity contribution in [1.29, 1.82) is 0 Å². The van der Waals surface area contributed by atoms with Crippen LogP contribution in [0.1, 0.15) is 92.9 Å². The minimum absolute atomic E-state index is 0.209. The third kappa shape index (κ3) is 32.6. The summed E-state index contributed by atoms with van der Waals surface area (Å²) in [5.74, 6) is 0.676. The highest BCUT2D eigenvalue weighted by Crippen LogP contribution is 2.06. The van der Waals surface area contributed by atoms with Crippen LogP contribution in [0.4, 0.5) is 0 Å². The molecule has 0 rings (SSSR count). The zero-order chi connectivity index (χ0) is 16.9. The summed E-state index contributed by atoms with van der Waals surface area (Å²) >= 11 is 0. The van der Waals surface area contributed by atoms with Crippen LogP contribution in [0.5, 0.6) is 0 Å². The van der Waals surface area contributed by atoms with E-state index in [1.54, 1.807) is 6.08 Å². The second-order valence-corrected chi connectivity index (χ2v) is 5.48. The van der Waals surface area contributed by atoms with E-state index >= 15 is 0 Å². The lowest BCUT2D eigenvalue weighted by Gasteiger charge is -2.06. The zero-order valence-corrected chi connectivity index (χ0v) is 15.6. The van der Waals surface area contributed by atoms with Gasteiger partial charge in [0.05, 0.1) is 0 Å². The molecule has 0 radical (unpaired) electrons. The first-order chi connectivity index (χ1) is 10.1. The second-order valence-electron chi connectivity index (χ2n) is 5.48. The summed E-state index contributed by atoms with van der Waals surface area (Å²) in [7, 11) is 0. The van der Waals surface area contributed by atoms with Crippen LogP contribution in [-0.4, -0.2) is 12.5 Å². The second kappa shape index (κ2) is 24.2. The Balaban J connectivity index is -0.000000569. The predicted molar refractivity (Wildman–Crippen MR) is 97.7 cm³/mol. The highest BCUT2D eigenvalue weighted by molar-refractivity contribution is 5.75. The molecule has 0 aliphatic rings. The lowest BCUT2D eigenvalue weighted by Crippen LogP contribution is -2.25. The molecule has 0 aliphatic carbocycles. The van der Waals surface area contributed by atoms with E-state index in [1.165, 1.54) is 38.5 Å². The first-order valence-corrected chi connectivity index (χ1v) is 8.92. The predicted octanol–water partition coefficient (Wildman–Crippen LogP) is 6.12. The maximum atomic E-state index is 11.3. The van der Waals surface area contributed by atoms with Crippen molar-refractivity contribution in [1.82, 2.24) is 5.32 Å². The van der Waals surface area contributed by atoms with Crippen LogP contribution in [0.2, 0.25) is 0 Å². The van der Waals surface area contributed by atoms with Gasteiger partial charge in [-0.25, -0.2) is 0 Å². The summed E-state index contributed by atoms with van der Waals surface area (Å²) < 4.78 is 0. The molecule has 0 aliphatic heterocycles. The number of unbranched alkanes of at least 4 members (excludes halogenated alkanes) is 6. The molecule has 1 amide bonds. The molecule has 0 heterocycles. The Morgan fingerprint density at radius 1 is 1.05 bits per heavy atom. The Morgan fingerprint density at radius 2 is 1.48 bits per heavy atom. The van der Waals surface area contributed by atoms with Crippen LogP contribution in [0.15, 0.2) is 12.7 Å². The monoisotopic (exact) mass is 299 g/mol. The van der Waals surface area contributed by atoms with E-state index in [-0.39, 0.29) is 5.91 Å². The van der Waals surface area contributed by atoms with Gasteiger partial charge < -0.3 is 5.32 Å². The van der Waals surface area contributed by atoms with E-state index in [4.69, 9.17) is 0 Å². The first-order valence-electron chi connectivity index (χ1n) is 8.92. The number of rotatable bonds is 10. The van der Waals surface area contributed by atoms with E-state index in [9.17, 15) is 4.79 Å². The number of carbonyl (C=O) groups excluding carboxylic acids is 1. The molecule has 21 heavy (non-hydrogen) atoms. The first kappa shape index (κ1) is 25.2. The topological polar surface area (TPSA) is 29.1 Å². The van der Waals surface area contributed by atoms with Gasteiger partial charge in [0.15, 0.2) is 0 Å². The smallest absolute Gasteiger partial charge is 0.220 e. The SMILES string of the molecule is C=CC.CC.CCCCCCCCCNC(=O)CC(C)C. The van der Waals surface area contributed by atoms with Gasteiger partial charge in [-0.2, -0.15) is 0 Å². The highest BCUT2D eigenvalue weighted by Gasteiger charge is 2.02. The zero-order valence-electron chi connectivity index (χ0n) is 15.6. The summed E-state index contributed by atoms with van der Waals surface area (Å²) in [5.41, 5.74) is 0. The van der Waals surface area contributed by atoms with Crippen molar-refractivity contribution in [2.45, 2.75) is 92.9 Å². The van der Waals surface area contributed by atoms with Crippen LogP contribution in [-0.2, 0) is 4.79 Å². The maximum Gasteiger partial charge on any atom is 0.220 e. The van der Waals surface area contributed by atoms with Crippen molar-refractivity contribution in [2.24, 2.45) is 5.92 Å². The van der Waals surface area contributed by atoms with E-state index in [1.807, 2.05) is 20.8 Å². The molecule has 0 atom stereocenters. The van der Waals surface area contributed by atoms with E-state index in [0.717, 1.165) is 13.0 Å². The lowest BCUT2D eigenvalue weighted by atomic mass is 10.1. The molecule has 0 spiro atoms. The van der Waals surface area contributed by atoms with Gasteiger partial charge >= 0.3 is 0 Å². The Labute approximate surface area is 134 Å². The third-order valence-electron chi connectivity index (χ3n) is 2.70. The summed E-state index contributed by atoms with van der Waals surface area (Å²) in [4.78, 5) is 11.3. The van der Waals surface area contributed by atoms with Crippen molar-refractivity contribution >= 4 is 5.91 Å². The van der Waals surface area contributed by atoms with Gasteiger partial charge in [0, 0.05) is 13.0 Å². The number of amides is 1. The molecular formula is C19H41NO. The van der Waals surface area contributed by atoms with Crippen LogP contribution in [0, 0.1) is 5.92 Å². The Kier molecular flexibility index (Phi) is 29.1. The highest BCUT2D eigenvalue weighted by atomic mass is 16.1. The van der Waals surface area contributed by atoms with Crippen LogP contribution in [0.3, 0.4) is 0 Å². The molecule has 0 aromatic rings. The van der Waals surface area contributed by atoms with E-state index < -0.39 is 0 Å². The Bertz CT molecular complexity index is 200. The summed E-state index contributed by atoms with van der Waals surface area (Å²) in [6, 6.07) is 0. The van der Waals surface area contributed by atoms with Gasteiger partial charge in [-0.3, -0.25) is 4.79 Å². The van der Waals surface area contributed by atoms with Crippen molar-refractivity contribution in [3.8, 4) is 0 Å². The summed E-state index contributed by atoms with van der Waals surface area (Å²) in [6.07, 6.45) is 11.5. The molecule has 0 saturated carbocycles. The average Bonchev–Trinajstić information content (AvgIpc) is 2.44. The molecule has 1 N–H and O–H groups in total. The quantitative estimate of drug-likeness (QED) is 0.382. The summed E-state index contributed by atoms with van der Waals surface area (Å²) in [6.45, 7) is 16.5. The van der Waals surface area contributed by atoms with Gasteiger partial charge in [0.2, 0.25) is 5.91 Å². The minimum atomic E-state index is 0.209. The fourth-order valence-corrected chi connectivity index (χ4v) is 1.75. The average molecular weight is 300 g/mol. The molecule has 0 bridgehead atoms. The Hall–Kier alpha value is -0.790. The van der Waals surface area contributed by atoms with Crippen molar-refractivity contribution < 1.29 is 4.79 Å². The van der Waals surface area contributed by atoms with Crippen LogP contribution < -0.4 is 5.32 Å². The fraction of sp³-hybridized carbons (Fsp3) is 0.842. The van der Waals surface area contributed by atoms with Gasteiger partial charge in [-0.1, -0.05) is 79.2 Å². The number of allylic oxidation sites excluding steroid dienone is 1. The van der Waals surface area contributed by atoms with Gasteiger partial charge in [0.25, 0.3) is 0 Å². The molecule has 0 fully saturated rings. The van der Waals surface area contributed by atoms with Crippen LogP contribution in [0.25, 0.3) is 0 Å². The molecule has 0 saturated heterocycles. The van der Waals surface area contributed by atoms with E-state index in [2.05, 4.69) is 32.7 Å². The van der Waals surface area contributed by atoms with Crippen molar-refractivity contribution in [3.63, 3.8) is 0 Å². The van der Waals surface area contributed by atoms with Gasteiger partial charge in [-0.15, -0.1) is 6.58 Å². The Morgan fingerprint density at radius 3 is 1.90 bits per heavy atom. The van der Waals surface area contributed by atoms with Gasteiger partial charge in [0.1, 0.15) is 0 Å². The number of nitrogens with one attached hydrogen (secondary N) is 1. The molecule has 0 aromatic heterocycles. The normalized spacial score (nSPS) is 9.10. The van der Waals surface area contributed by atoms with Crippen molar-refractivity contribution in [2.75, 3.05) is 6.54 Å². The maximum absolute atomic E-state index is 11.3. The molecule has 0 aromatic carbocycles. The molecule has 2 heteroatoms. The molecular weight excluding hydrogens is 258 g/mol. The number of carbonyl (C=O) groups is 1. The third-order valence-corrected chi connectivity index (χ3v) is 2.70. The van der Waals surface area contributed by atoms with E-state index in [0.29, 0.717) is 12.3 Å². The molecule has 0 unspecified atom stereocenters. The minimum Gasteiger partial charge on any atom is -0.356 e. The fourth-order valence-electron chi connectivity index (χ4n) is 1.75. The lowest BCUT2D eigenvalue weighted by molar-refractivity contribution is -0.121.